The molecule has 2 atom stereocenters. The summed E-state index contributed by atoms with van der Waals surface area (Å²) in [6.45, 7) is 6.88. The molecule has 1 aromatic heterocycles. The number of nitrogens with one attached hydrogen (secondary N) is 2. The van der Waals surface area contributed by atoms with Crippen molar-refractivity contribution in [1.82, 2.24) is 5.32 Å². The molecule has 0 saturated heterocycles. The fourth-order valence-corrected chi connectivity index (χ4v) is 6.65. The molecule has 206 valence electrons. The van der Waals surface area contributed by atoms with Gasteiger partial charge in [0.2, 0.25) is 5.75 Å². The first-order valence-electron chi connectivity index (χ1n) is 13.0. The lowest BCUT2D eigenvalue weighted by atomic mass is 9.72. The van der Waals surface area contributed by atoms with E-state index >= 15 is 0 Å². The second-order valence-corrected chi connectivity index (χ2v) is 12.0. The summed E-state index contributed by atoms with van der Waals surface area (Å²) in [6, 6.07) is 10.2. The molecule has 3 aromatic rings. The minimum atomic E-state index is -0.562. The molecule has 2 heterocycles. The Morgan fingerprint density at radius 3 is 2.23 bits per heavy atom. The van der Waals surface area contributed by atoms with Crippen molar-refractivity contribution in [3.05, 3.63) is 63.5 Å². The molecule has 1 aliphatic carbocycles. The average Bonchev–Trinajstić information content (AvgIpc) is 3.30. The summed E-state index contributed by atoms with van der Waals surface area (Å²) >= 11 is 1.71. The van der Waals surface area contributed by atoms with E-state index in [1.54, 1.807) is 35.6 Å². The molecule has 2 N–H and O–H groups in total. The maximum absolute atomic E-state index is 13.2. The highest BCUT2D eigenvalue weighted by atomic mass is 32.1. The zero-order valence-electron chi connectivity index (χ0n) is 23.1. The van der Waals surface area contributed by atoms with Gasteiger partial charge in [0.25, 0.3) is 5.91 Å². The summed E-state index contributed by atoms with van der Waals surface area (Å²) in [6.07, 6.45) is 2.69. The first-order chi connectivity index (χ1) is 18.6. The lowest BCUT2D eigenvalue weighted by Crippen LogP contribution is -2.38. The highest BCUT2D eigenvalue weighted by molar-refractivity contribution is 7.16. The van der Waals surface area contributed by atoms with Gasteiger partial charge in [-0.15, -0.1) is 11.3 Å². The number of hydrogen-bond donors (Lipinski definition) is 2. The second-order valence-electron chi connectivity index (χ2n) is 10.9. The highest BCUT2D eigenvalue weighted by Crippen LogP contribution is 2.46. The van der Waals surface area contributed by atoms with E-state index in [4.69, 9.17) is 18.9 Å². The van der Waals surface area contributed by atoms with Crippen LogP contribution in [-0.2, 0) is 12.8 Å². The van der Waals surface area contributed by atoms with Gasteiger partial charge in [0.1, 0.15) is 16.9 Å². The van der Waals surface area contributed by atoms with Crippen LogP contribution >= 0.6 is 11.3 Å². The Labute approximate surface area is 232 Å². The predicted octanol–water partition coefficient (Wildman–Crippen LogP) is 6.00. The molecule has 1 aliphatic heterocycles. The second kappa shape index (κ2) is 10.4. The normalized spacial score (nSPS) is 18.3. The number of carbonyl (C=O) groups is 2. The minimum absolute atomic E-state index is 0.0432. The third-order valence-electron chi connectivity index (χ3n) is 7.59. The zero-order chi connectivity index (χ0) is 27.9. The van der Waals surface area contributed by atoms with Gasteiger partial charge in [-0.1, -0.05) is 32.9 Å². The SMILES string of the molecule is COc1cc(C(=O)Oc2ccc([C@@H]3NC(=O)c4c(sc5c4CC[C@@H](C(C)(C)C)C5)N3)cc2)cc(OC)c1OC. The number of benzene rings is 2. The number of ether oxygens (including phenoxy) is 4. The van der Waals surface area contributed by atoms with Crippen molar-refractivity contribution in [2.75, 3.05) is 26.6 Å². The zero-order valence-corrected chi connectivity index (χ0v) is 23.9. The summed E-state index contributed by atoms with van der Waals surface area (Å²) in [5.74, 6) is 1.50. The molecular weight excluding hydrogens is 516 g/mol. The van der Waals surface area contributed by atoms with Crippen LogP contribution in [0.3, 0.4) is 0 Å². The Morgan fingerprint density at radius 1 is 0.974 bits per heavy atom. The topological polar surface area (TPSA) is 95.1 Å². The molecule has 0 spiro atoms. The number of methoxy groups -OCH3 is 3. The molecule has 2 aromatic carbocycles. The fourth-order valence-electron chi connectivity index (χ4n) is 5.30. The van der Waals surface area contributed by atoms with Gasteiger partial charge < -0.3 is 29.6 Å². The number of esters is 1. The number of carbonyl (C=O) groups excluding carboxylic acids is 2. The Morgan fingerprint density at radius 2 is 1.64 bits per heavy atom. The van der Waals surface area contributed by atoms with Crippen LogP contribution in [0.5, 0.6) is 23.0 Å². The Kier molecular flexibility index (Phi) is 7.20. The maximum atomic E-state index is 13.2. The average molecular weight is 551 g/mol. The van der Waals surface area contributed by atoms with E-state index in [1.165, 1.54) is 31.8 Å². The molecule has 0 radical (unpaired) electrons. The smallest absolute Gasteiger partial charge is 0.343 e. The van der Waals surface area contributed by atoms with Gasteiger partial charge in [0, 0.05) is 4.88 Å². The molecule has 0 bridgehead atoms. The molecular formula is C30H34N2O6S. The van der Waals surface area contributed by atoms with E-state index in [0.717, 1.165) is 35.4 Å². The van der Waals surface area contributed by atoms with Crippen LogP contribution in [0.15, 0.2) is 36.4 Å². The van der Waals surface area contributed by atoms with E-state index in [9.17, 15) is 9.59 Å². The number of anilines is 1. The third-order valence-corrected chi connectivity index (χ3v) is 8.78. The van der Waals surface area contributed by atoms with Crippen LogP contribution < -0.4 is 29.6 Å². The summed E-state index contributed by atoms with van der Waals surface area (Å²) in [7, 11) is 4.47. The van der Waals surface area contributed by atoms with Crippen molar-refractivity contribution in [2.45, 2.75) is 46.2 Å². The van der Waals surface area contributed by atoms with Crippen LogP contribution in [0, 0.1) is 11.3 Å². The standard InChI is InChI=1S/C30H34N2O6S/c1-30(2,3)18-9-12-20-23(15-18)39-28-24(20)27(33)31-26(32-28)16-7-10-19(11-8-16)38-29(34)17-13-21(35-4)25(37-6)22(14-17)36-5/h7-8,10-11,13-14,18,26,32H,9,12,15H2,1-6H3,(H,31,33)/t18-,26-/m1/s1. The number of thiophene rings is 1. The number of fused-ring (bicyclic) bond motifs is 3. The van der Waals surface area contributed by atoms with Gasteiger partial charge >= 0.3 is 5.97 Å². The summed E-state index contributed by atoms with van der Waals surface area (Å²) in [4.78, 5) is 27.3. The van der Waals surface area contributed by atoms with E-state index in [-0.39, 0.29) is 23.1 Å². The van der Waals surface area contributed by atoms with Gasteiger partial charge in [-0.25, -0.2) is 4.79 Å². The van der Waals surface area contributed by atoms with Crippen molar-refractivity contribution >= 4 is 28.2 Å². The van der Waals surface area contributed by atoms with Gasteiger partial charge in [-0.2, -0.15) is 0 Å². The number of rotatable bonds is 6. The number of hydrogen-bond acceptors (Lipinski definition) is 8. The third kappa shape index (κ3) is 5.15. The maximum Gasteiger partial charge on any atom is 0.343 e. The quantitative estimate of drug-likeness (QED) is 0.287. The highest BCUT2D eigenvalue weighted by Gasteiger charge is 2.36. The lowest BCUT2D eigenvalue weighted by molar-refractivity contribution is 0.0733. The van der Waals surface area contributed by atoms with Gasteiger partial charge in [0.05, 0.1) is 32.5 Å². The van der Waals surface area contributed by atoms with Gasteiger partial charge in [0.15, 0.2) is 11.5 Å². The molecule has 1 amide bonds. The predicted molar refractivity (Wildman–Crippen MR) is 151 cm³/mol. The molecule has 8 nitrogen and oxygen atoms in total. The summed E-state index contributed by atoms with van der Waals surface area (Å²) < 4.78 is 21.6. The van der Waals surface area contributed by atoms with Gasteiger partial charge in [-0.05, 0) is 66.0 Å². The van der Waals surface area contributed by atoms with Gasteiger partial charge in [-0.3, -0.25) is 4.79 Å². The van der Waals surface area contributed by atoms with Crippen molar-refractivity contribution in [2.24, 2.45) is 11.3 Å². The molecule has 5 rings (SSSR count). The molecule has 39 heavy (non-hydrogen) atoms. The van der Waals surface area contributed by atoms with Crippen molar-refractivity contribution in [1.29, 1.82) is 0 Å². The van der Waals surface area contributed by atoms with Crippen LogP contribution in [0.2, 0.25) is 0 Å². The Bertz CT molecular complexity index is 1380. The van der Waals surface area contributed by atoms with Crippen molar-refractivity contribution in [3.63, 3.8) is 0 Å². The first-order valence-corrected chi connectivity index (χ1v) is 13.8. The van der Waals surface area contributed by atoms with E-state index in [1.807, 2.05) is 12.1 Å². The minimum Gasteiger partial charge on any atom is -0.493 e. The van der Waals surface area contributed by atoms with Crippen molar-refractivity contribution < 1.29 is 28.5 Å². The molecule has 0 unspecified atom stereocenters. The molecule has 0 saturated carbocycles. The van der Waals surface area contributed by atoms with Crippen LogP contribution in [0.4, 0.5) is 5.00 Å². The van der Waals surface area contributed by atoms with Crippen molar-refractivity contribution in [3.8, 4) is 23.0 Å². The van der Waals surface area contributed by atoms with E-state index in [2.05, 4.69) is 31.4 Å². The molecule has 9 heteroatoms. The lowest BCUT2D eigenvalue weighted by Gasteiger charge is -2.34. The van der Waals surface area contributed by atoms with E-state index in [0.29, 0.717) is 28.9 Å². The fraction of sp³-hybridized carbons (Fsp3) is 0.400. The Balaban J connectivity index is 1.30. The monoisotopic (exact) mass is 550 g/mol. The van der Waals surface area contributed by atoms with Crippen LogP contribution in [0.1, 0.15) is 70.1 Å². The number of amides is 1. The van der Waals surface area contributed by atoms with E-state index < -0.39 is 5.97 Å². The Hall–Kier alpha value is -3.72. The summed E-state index contributed by atoms with van der Waals surface area (Å²) in [5, 5.41) is 7.55. The van der Waals surface area contributed by atoms with Crippen LogP contribution in [0.25, 0.3) is 0 Å². The largest absolute Gasteiger partial charge is 0.493 e. The molecule has 2 aliphatic rings. The van der Waals surface area contributed by atoms with Crippen LogP contribution in [-0.4, -0.2) is 33.2 Å². The molecule has 0 fully saturated rings. The first kappa shape index (κ1) is 26.9. The summed E-state index contributed by atoms with van der Waals surface area (Å²) in [5.41, 5.74) is 3.37.